The van der Waals surface area contributed by atoms with Gasteiger partial charge in [0, 0.05) is 0 Å². The number of ether oxygens (including phenoxy) is 2. The van der Waals surface area contributed by atoms with Crippen molar-refractivity contribution in [2.24, 2.45) is 4.99 Å². The molecule has 0 bridgehead atoms. The number of hydrogen-bond donors (Lipinski definition) is 0. The Morgan fingerprint density at radius 2 is 2.00 bits per heavy atom. The molecular weight excluding hydrogens is 364 g/mol. The molecule has 0 fully saturated rings. The number of nitrogens with zero attached hydrogens (tertiary/aromatic N) is 1. The topological polar surface area (TPSA) is 47.9 Å². The van der Waals surface area contributed by atoms with Crippen LogP contribution in [0.15, 0.2) is 47.1 Å². The zero-order valence-corrected chi connectivity index (χ0v) is 14.5. The molecule has 1 heterocycles. The number of halogens is 3. The first kappa shape index (κ1) is 18.1. The Hall–Kier alpha value is -2.73. The summed E-state index contributed by atoms with van der Waals surface area (Å²) in [4.78, 5) is 16.1. The maximum absolute atomic E-state index is 13.4. The third-order valence-electron chi connectivity index (χ3n) is 3.50. The average Bonchev–Trinajstić information content (AvgIpc) is 2.97. The summed E-state index contributed by atoms with van der Waals surface area (Å²) in [6.45, 7) is 2.58. The Balaban J connectivity index is 1.91. The van der Waals surface area contributed by atoms with Crippen molar-refractivity contribution < 1.29 is 23.0 Å². The van der Waals surface area contributed by atoms with Crippen LogP contribution in [0.4, 0.5) is 8.78 Å². The fourth-order valence-corrected chi connectivity index (χ4v) is 2.51. The van der Waals surface area contributed by atoms with Crippen molar-refractivity contribution in [2.45, 2.75) is 13.3 Å². The van der Waals surface area contributed by atoms with Crippen LogP contribution in [0.2, 0.25) is 5.02 Å². The van der Waals surface area contributed by atoms with Crippen LogP contribution in [-0.4, -0.2) is 18.5 Å². The predicted molar refractivity (Wildman–Crippen MR) is 94.2 cm³/mol. The summed E-state index contributed by atoms with van der Waals surface area (Å²) in [6, 6.07) is 8.77. The predicted octanol–water partition coefficient (Wildman–Crippen LogP) is 4.75. The first-order chi connectivity index (χ1) is 12.5. The summed E-state index contributed by atoms with van der Waals surface area (Å²) in [5.74, 6) is -2.42. The van der Waals surface area contributed by atoms with E-state index in [0.717, 1.165) is 18.6 Å². The van der Waals surface area contributed by atoms with Crippen LogP contribution in [0.1, 0.15) is 24.5 Å². The molecule has 3 rings (SSSR count). The minimum atomic E-state index is -1.11. The molecule has 2 aromatic rings. The molecular formula is C19H14ClF2NO3. The van der Waals surface area contributed by atoms with Crippen LogP contribution < -0.4 is 4.74 Å². The van der Waals surface area contributed by atoms with Gasteiger partial charge in [0.05, 0.1) is 17.2 Å². The second-order valence-electron chi connectivity index (χ2n) is 5.50. The van der Waals surface area contributed by atoms with Crippen LogP contribution in [0.3, 0.4) is 0 Å². The van der Waals surface area contributed by atoms with E-state index < -0.39 is 17.6 Å². The Morgan fingerprint density at radius 3 is 2.77 bits per heavy atom. The molecule has 134 valence electrons. The zero-order valence-electron chi connectivity index (χ0n) is 13.8. The Labute approximate surface area is 153 Å². The van der Waals surface area contributed by atoms with Crippen molar-refractivity contribution in [1.29, 1.82) is 0 Å². The molecule has 0 aliphatic carbocycles. The molecule has 1 aliphatic rings. The van der Waals surface area contributed by atoms with Crippen LogP contribution in [0, 0.1) is 11.6 Å². The highest BCUT2D eigenvalue weighted by Gasteiger charge is 2.26. The minimum Gasteiger partial charge on any atom is -0.494 e. The molecule has 0 saturated carbocycles. The number of cyclic esters (lactones) is 1. The third-order valence-corrected chi connectivity index (χ3v) is 3.81. The smallest absolute Gasteiger partial charge is 0.363 e. The molecule has 0 unspecified atom stereocenters. The lowest BCUT2D eigenvalue weighted by atomic mass is 10.2. The fraction of sp³-hybridized carbons (Fsp3) is 0.158. The van der Waals surface area contributed by atoms with Crippen molar-refractivity contribution in [3.8, 4) is 5.75 Å². The van der Waals surface area contributed by atoms with Crippen LogP contribution >= 0.6 is 11.6 Å². The summed E-state index contributed by atoms with van der Waals surface area (Å²) < 4.78 is 37.2. The van der Waals surface area contributed by atoms with Gasteiger partial charge < -0.3 is 9.47 Å². The molecule has 0 N–H and O–H groups in total. The number of benzene rings is 2. The van der Waals surface area contributed by atoms with Gasteiger partial charge in [-0.3, -0.25) is 0 Å². The van der Waals surface area contributed by atoms with E-state index in [9.17, 15) is 13.6 Å². The molecule has 0 amide bonds. The number of rotatable bonds is 5. The molecule has 4 nitrogen and oxygen atoms in total. The zero-order chi connectivity index (χ0) is 18.7. The van der Waals surface area contributed by atoms with E-state index in [-0.39, 0.29) is 22.2 Å². The first-order valence-corrected chi connectivity index (χ1v) is 8.26. The molecule has 0 radical (unpaired) electrons. The Morgan fingerprint density at radius 1 is 1.23 bits per heavy atom. The van der Waals surface area contributed by atoms with E-state index in [4.69, 9.17) is 21.1 Å². The van der Waals surface area contributed by atoms with Crippen LogP contribution in [0.25, 0.3) is 6.08 Å². The number of aliphatic imine (C=N–C) groups is 1. The summed E-state index contributed by atoms with van der Waals surface area (Å²) in [5.41, 5.74) is 0.711. The second-order valence-corrected chi connectivity index (χ2v) is 5.91. The van der Waals surface area contributed by atoms with E-state index in [1.54, 1.807) is 24.3 Å². The standard InChI is InChI=1S/C19H14ClF2NO3/c1-2-6-25-12-5-3-4-11(7-12)8-17-19(24)26-18(23-17)13-9-15(21)16(22)10-14(13)20/h3-5,7-10H,2,6H2,1H3. The second kappa shape index (κ2) is 7.66. The SMILES string of the molecule is CCCOc1cccc(C=C2N=C(c3cc(F)c(F)cc3Cl)OC2=O)c1. The Bertz CT molecular complexity index is 925. The van der Waals surface area contributed by atoms with Crippen LogP contribution in [0.5, 0.6) is 5.75 Å². The first-order valence-electron chi connectivity index (χ1n) is 7.88. The minimum absolute atomic E-state index is 0.00217. The molecule has 2 aromatic carbocycles. The summed E-state index contributed by atoms with van der Waals surface area (Å²) in [5, 5.41) is -0.105. The van der Waals surface area contributed by atoms with E-state index in [2.05, 4.69) is 4.99 Å². The van der Waals surface area contributed by atoms with Crippen molar-refractivity contribution >= 4 is 29.5 Å². The van der Waals surface area contributed by atoms with Crippen molar-refractivity contribution in [3.05, 3.63) is 69.9 Å². The quantitative estimate of drug-likeness (QED) is 0.429. The molecule has 26 heavy (non-hydrogen) atoms. The van der Waals surface area contributed by atoms with E-state index in [1.807, 2.05) is 6.92 Å². The largest absolute Gasteiger partial charge is 0.494 e. The van der Waals surface area contributed by atoms with Crippen molar-refractivity contribution in [1.82, 2.24) is 0 Å². The normalized spacial score (nSPS) is 15.2. The van der Waals surface area contributed by atoms with Gasteiger partial charge >= 0.3 is 5.97 Å². The highest BCUT2D eigenvalue weighted by atomic mass is 35.5. The maximum atomic E-state index is 13.4. The summed E-state index contributed by atoms with van der Waals surface area (Å²) in [6.07, 6.45) is 2.39. The van der Waals surface area contributed by atoms with Gasteiger partial charge in [-0.1, -0.05) is 30.7 Å². The van der Waals surface area contributed by atoms with Gasteiger partial charge in [0.2, 0.25) is 5.90 Å². The monoisotopic (exact) mass is 377 g/mol. The molecule has 0 atom stereocenters. The van der Waals surface area contributed by atoms with Gasteiger partial charge in [-0.2, -0.15) is 0 Å². The maximum Gasteiger partial charge on any atom is 0.363 e. The molecule has 0 spiro atoms. The summed E-state index contributed by atoms with van der Waals surface area (Å²) in [7, 11) is 0. The van der Waals surface area contributed by atoms with Crippen molar-refractivity contribution in [2.75, 3.05) is 6.61 Å². The van der Waals surface area contributed by atoms with Gasteiger partial charge in [-0.05, 0) is 42.3 Å². The summed E-state index contributed by atoms with van der Waals surface area (Å²) >= 11 is 5.89. The van der Waals surface area contributed by atoms with Gasteiger partial charge in [-0.15, -0.1) is 0 Å². The Kier molecular flexibility index (Phi) is 5.32. The van der Waals surface area contributed by atoms with Crippen molar-refractivity contribution in [3.63, 3.8) is 0 Å². The lowest BCUT2D eigenvalue weighted by Crippen LogP contribution is -2.07. The average molecular weight is 378 g/mol. The highest BCUT2D eigenvalue weighted by molar-refractivity contribution is 6.34. The molecule has 0 saturated heterocycles. The van der Waals surface area contributed by atoms with E-state index in [1.165, 1.54) is 6.08 Å². The number of hydrogen-bond acceptors (Lipinski definition) is 4. The lowest BCUT2D eigenvalue weighted by Gasteiger charge is -2.04. The fourth-order valence-electron chi connectivity index (χ4n) is 2.28. The number of carbonyl (C=O) groups is 1. The molecule has 0 aromatic heterocycles. The molecule has 7 heteroatoms. The third kappa shape index (κ3) is 3.91. The van der Waals surface area contributed by atoms with Gasteiger partial charge in [0.15, 0.2) is 17.3 Å². The van der Waals surface area contributed by atoms with E-state index >= 15 is 0 Å². The van der Waals surface area contributed by atoms with Gasteiger partial charge in [0.1, 0.15) is 5.75 Å². The van der Waals surface area contributed by atoms with E-state index in [0.29, 0.717) is 17.9 Å². The van der Waals surface area contributed by atoms with Gasteiger partial charge in [-0.25, -0.2) is 18.6 Å². The van der Waals surface area contributed by atoms with Crippen LogP contribution in [-0.2, 0) is 9.53 Å². The highest BCUT2D eigenvalue weighted by Crippen LogP contribution is 2.26. The number of esters is 1. The lowest BCUT2D eigenvalue weighted by molar-refractivity contribution is -0.129. The molecule has 1 aliphatic heterocycles. The van der Waals surface area contributed by atoms with Gasteiger partial charge in [0.25, 0.3) is 0 Å². The number of carbonyl (C=O) groups excluding carboxylic acids is 1.